The Kier molecular flexibility index (Phi) is 6.02. The summed E-state index contributed by atoms with van der Waals surface area (Å²) in [5.41, 5.74) is 2.75. The summed E-state index contributed by atoms with van der Waals surface area (Å²) in [6.07, 6.45) is 0.656. The van der Waals surface area contributed by atoms with Crippen LogP contribution in [0.4, 0.5) is 10.5 Å². The number of carbonyl (C=O) groups is 1. The number of hydrogen-bond acceptors (Lipinski definition) is 2. The predicted molar refractivity (Wildman–Crippen MR) is 86.1 cm³/mol. The van der Waals surface area contributed by atoms with Gasteiger partial charge in [0.25, 0.3) is 0 Å². The van der Waals surface area contributed by atoms with E-state index in [4.69, 9.17) is 5.11 Å². The Hall–Kier alpha value is -1.07. The van der Waals surface area contributed by atoms with Crippen molar-refractivity contribution >= 4 is 27.6 Å². The lowest BCUT2D eigenvalue weighted by atomic mass is 9.90. The molecule has 0 bridgehead atoms. The lowest BCUT2D eigenvalue weighted by Crippen LogP contribution is -2.37. The summed E-state index contributed by atoms with van der Waals surface area (Å²) in [7, 11) is 0. The average molecular weight is 343 g/mol. The molecular weight excluding hydrogens is 320 g/mol. The smallest absolute Gasteiger partial charge is 0.319 e. The SMILES string of the molecule is Cc1cc(Br)cc(C)c1NC(=O)NCC(C)(C)CCO. The molecule has 1 aromatic carbocycles. The Labute approximate surface area is 129 Å². The molecule has 0 aliphatic carbocycles. The maximum absolute atomic E-state index is 12.0. The van der Waals surface area contributed by atoms with E-state index >= 15 is 0 Å². The number of halogens is 1. The molecule has 0 radical (unpaired) electrons. The fourth-order valence-electron chi connectivity index (χ4n) is 1.98. The molecular formula is C15H23BrN2O2. The molecule has 5 heteroatoms. The van der Waals surface area contributed by atoms with E-state index in [9.17, 15) is 4.79 Å². The summed E-state index contributed by atoms with van der Waals surface area (Å²) in [6.45, 7) is 8.60. The number of amides is 2. The van der Waals surface area contributed by atoms with Gasteiger partial charge in [-0.25, -0.2) is 4.79 Å². The number of aryl methyl sites for hydroxylation is 2. The largest absolute Gasteiger partial charge is 0.396 e. The minimum atomic E-state index is -0.218. The quantitative estimate of drug-likeness (QED) is 0.765. The third-order valence-electron chi connectivity index (χ3n) is 3.25. The van der Waals surface area contributed by atoms with Gasteiger partial charge in [-0.05, 0) is 48.9 Å². The van der Waals surface area contributed by atoms with E-state index in [1.807, 2.05) is 39.8 Å². The van der Waals surface area contributed by atoms with Gasteiger partial charge in [-0.2, -0.15) is 0 Å². The molecule has 3 N–H and O–H groups in total. The second kappa shape index (κ2) is 7.09. The van der Waals surface area contributed by atoms with Gasteiger partial charge < -0.3 is 15.7 Å². The molecule has 1 aromatic rings. The number of rotatable bonds is 5. The molecule has 4 nitrogen and oxygen atoms in total. The zero-order valence-electron chi connectivity index (χ0n) is 12.5. The summed E-state index contributed by atoms with van der Waals surface area (Å²) in [6, 6.07) is 3.72. The number of hydrogen-bond donors (Lipinski definition) is 3. The van der Waals surface area contributed by atoms with Crippen molar-refractivity contribution in [1.82, 2.24) is 5.32 Å². The van der Waals surface area contributed by atoms with Crippen molar-refractivity contribution in [2.45, 2.75) is 34.1 Å². The summed E-state index contributed by atoms with van der Waals surface area (Å²) in [4.78, 5) is 12.0. The monoisotopic (exact) mass is 342 g/mol. The number of anilines is 1. The lowest BCUT2D eigenvalue weighted by Gasteiger charge is -2.24. The van der Waals surface area contributed by atoms with Crippen molar-refractivity contribution < 1.29 is 9.90 Å². The van der Waals surface area contributed by atoms with E-state index in [0.29, 0.717) is 13.0 Å². The molecule has 1 rings (SSSR count). The van der Waals surface area contributed by atoms with Crippen LogP contribution in [0.5, 0.6) is 0 Å². The Morgan fingerprint density at radius 1 is 1.30 bits per heavy atom. The molecule has 0 unspecified atom stereocenters. The van der Waals surface area contributed by atoms with Crippen molar-refractivity contribution in [3.63, 3.8) is 0 Å². The molecule has 0 aliphatic rings. The summed E-state index contributed by atoms with van der Waals surface area (Å²) >= 11 is 3.44. The minimum absolute atomic E-state index is 0.115. The van der Waals surface area contributed by atoms with E-state index in [-0.39, 0.29) is 18.1 Å². The fraction of sp³-hybridized carbons (Fsp3) is 0.533. The van der Waals surface area contributed by atoms with E-state index in [2.05, 4.69) is 26.6 Å². The van der Waals surface area contributed by atoms with E-state index in [1.165, 1.54) is 0 Å². The van der Waals surface area contributed by atoms with Crippen molar-refractivity contribution in [2.24, 2.45) is 5.41 Å². The van der Waals surface area contributed by atoms with Crippen LogP contribution < -0.4 is 10.6 Å². The standard InChI is InChI=1S/C15H23BrN2O2/c1-10-7-12(16)8-11(2)13(10)18-14(20)17-9-15(3,4)5-6-19/h7-8,19H,5-6,9H2,1-4H3,(H2,17,18,20). The number of carbonyl (C=O) groups excluding carboxylic acids is 1. The molecule has 2 amide bonds. The topological polar surface area (TPSA) is 61.4 Å². The highest BCUT2D eigenvalue weighted by atomic mass is 79.9. The molecule has 20 heavy (non-hydrogen) atoms. The molecule has 112 valence electrons. The van der Waals surface area contributed by atoms with Crippen LogP contribution >= 0.6 is 15.9 Å². The Morgan fingerprint density at radius 3 is 2.35 bits per heavy atom. The number of urea groups is 1. The van der Waals surface area contributed by atoms with Gasteiger partial charge in [-0.15, -0.1) is 0 Å². The Morgan fingerprint density at radius 2 is 1.85 bits per heavy atom. The van der Waals surface area contributed by atoms with Crippen LogP contribution in [0.15, 0.2) is 16.6 Å². The van der Waals surface area contributed by atoms with Crippen molar-refractivity contribution in [3.8, 4) is 0 Å². The zero-order valence-corrected chi connectivity index (χ0v) is 14.1. The third-order valence-corrected chi connectivity index (χ3v) is 3.71. The summed E-state index contributed by atoms with van der Waals surface area (Å²) in [5.74, 6) is 0. The first-order valence-electron chi connectivity index (χ1n) is 6.67. The molecule has 0 atom stereocenters. The molecule has 0 aliphatic heterocycles. The molecule has 0 aromatic heterocycles. The highest BCUT2D eigenvalue weighted by Crippen LogP contribution is 2.25. The summed E-state index contributed by atoms with van der Waals surface area (Å²) < 4.78 is 1.00. The van der Waals surface area contributed by atoms with Crippen molar-refractivity contribution in [2.75, 3.05) is 18.5 Å². The van der Waals surface area contributed by atoms with E-state index in [0.717, 1.165) is 21.3 Å². The first kappa shape index (κ1) is 17.0. The van der Waals surface area contributed by atoms with Crippen LogP contribution in [0.25, 0.3) is 0 Å². The first-order valence-corrected chi connectivity index (χ1v) is 7.47. The zero-order chi connectivity index (χ0) is 15.3. The third kappa shape index (κ3) is 5.13. The van der Waals surface area contributed by atoms with Gasteiger partial charge in [-0.1, -0.05) is 29.8 Å². The van der Waals surface area contributed by atoms with Gasteiger partial charge in [0, 0.05) is 23.3 Å². The normalized spacial score (nSPS) is 11.3. The van der Waals surface area contributed by atoms with Crippen molar-refractivity contribution in [1.29, 1.82) is 0 Å². The first-order chi connectivity index (χ1) is 9.25. The van der Waals surface area contributed by atoms with Gasteiger partial charge in [0.2, 0.25) is 0 Å². The highest BCUT2D eigenvalue weighted by Gasteiger charge is 2.18. The molecule has 0 spiro atoms. The number of nitrogens with one attached hydrogen (secondary N) is 2. The molecule has 0 heterocycles. The number of benzene rings is 1. The van der Waals surface area contributed by atoms with Crippen LogP contribution in [-0.2, 0) is 0 Å². The number of aliphatic hydroxyl groups is 1. The van der Waals surface area contributed by atoms with Crippen LogP contribution in [0, 0.1) is 19.3 Å². The predicted octanol–water partition coefficient (Wildman–Crippen LogP) is 3.60. The Bertz CT molecular complexity index is 464. The second-order valence-electron chi connectivity index (χ2n) is 5.86. The minimum Gasteiger partial charge on any atom is -0.396 e. The van der Waals surface area contributed by atoms with Crippen molar-refractivity contribution in [3.05, 3.63) is 27.7 Å². The number of aliphatic hydroxyl groups excluding tert-OH is 1. The Balaban J connectivity index is 2.64. The molecule has 0 fully saturated rings. The average Bonchev–Trinajstić information content (AvgIpc) is 2.31. The van der Waals surface area contributed by atoms with Gasteiger partial charge in [-0.3, -0.25) is 0 Å². The molecule has 0 saturated carbocycles. The summed E-state index contributed by atoms with van der Waals surface area (Å²) in [5, 5.41) is 14.7. The lowest BCUT2D eigenvalue weighted by molar-refractivity contribution is 0.204. The van der Waals surface area contributed by atoms with Crippen LogP contribution in [0.3, 0.4) is 0 Å². The maximum Gasteiger partial charge on any atom is 0.319 e. The van der Waals surface area contributed by atoms with Gasteiger partial charge in [0.05, 0.1) is 0 Å². The van der Waals surface area contributed by atoms with Crippen LogP contribution in [0.1, 0.15) is 31.4 Å². The highest BCUT2D eigenvalue weighted by molar-refractivity contribution is 9.10. The van der Waals surface area contributed by atoms with Crippen LogP contribution in [0.2, 0.25) is 0 Å². The van der Waals surface area contributed by atoms with E-state index in [1.54, 1.807) is 0 Å². The fourth-order valence-corrected chi connectivity index (χ4v) is 2.66. The van der Waals surface area contributed by atoms with Gasteiger partial charge >= 0.3 is 6.03 Å². The van der Waals surface area contributed by atoms with Gasteiger partial charge in [0.1, 0.15) is 0 Å². The van der Waals surface area contributed by atoms with E-state index < -0.39 is 0 Å². The second-order valence-corrected chi connectivity index (χ2v) is 6.78. The maximum atomic E-state index is 12.0. The molecule has 0 saturated heterocycles. The van der Waals surface area contributed by atoms with Gasteiger partial charge in [0.15, 0.2) is 0 Å². The van der Waals surface area contributed by atoms with Crippen LogP contribution in [-0.4, -0.2) is 24.3 Å².